The highest BCUT2D eigenvalue weighted by molar-refractivity contribution is 7.92. The zero-order chi connectivity index (χ0) is 28.6. The average Bonchev–Trinajstić information content (AvgIpc) is 2.91. The van der Waals surface area contributed by atoms with Crippen LogP contribution < -0.4 is 9.62 Å². The van der Waals surface area contributed by atoms with Crippen LogP contribution in [0.3, 0.4) is 0 Å². The van der Waals surface area contributed by atoms with Crippen molar-refractivity contribution >= 4 is 27.5 Å². The molecule has 0 fully saturated rings. The second-order valence-electron chi connectivity index (χ2n) is 9.85. The number of halogens is 1. The summed E-state index contributed by atoms with van der Waals surface area (Å²) in [4.78, 5) is 28.4. The van der Waals surface area contributed by atoms with Gasteiger partial charge in [0.1, 0.15) is 18.4 Å². The molecule has 208 valence electrons. The lowest BCUT2D eigenvalue weighted by Crippen LogP contribution is -2.52. The second kappa shape index (κ2) is 13.4. The summed E-state index contributed by atoms with van der Waals surface area (Å²) in [6, 6.07) is 19.9. The minimum Gasteiger partial charge on any atom is -0.354 e. The van der Waals surface area contributed by atoms with Crippen LogP contribution >= 0.6 is 0 Å². The van der Waals surface area contributed by atoms with Gasteiger partial charge in [-0.1, -0.05) is 80.9 Å². The lowest BCUT2D eigenvalue weighted by Gasteiger charge is -2.33. The van der Waals surface area contributed by atoms with Crippen molar-refractivity contribution in [3.8, 4) is 0 Å². The molecule has 0 aliphatic carbocycles. The third kappa shape index (κ3) is 7.66. The van der Waals surface area contributed by atoms with Gasteiger partial charge >= 0.3 is 0 Å². The Kier molecular flexibility index (Phi) is 10.2. The molecule has 0 heterocycles. The fourth-order valence-corrected chi connectivity index (χ4v) is 5.55. The van der Waals surface area contributed by atoms with Gasteiger partial charge in [0.15, 0.2) is 0 Å². The standard InChI is InChI=1S/C30H36FN3O4S/c1-5-27(30(36)32-19-22(2)3)33(20-24-11-7-6-8-12-24)29(35)21-34(28-14-10-9-13-26(28)31)39(37,38)25-17-15-23(4)16-18-25/h6-18,22,27H,5,19-21H2,1-4H3,(H,32,36). The highest BCUT2D eigenvalue weighted by Crippen LogP contribution is 2.27. The maximum Gasteiger partial charge on any atom is 0.264 e. The highest BCUT2D eigenvalue weighted by atomic mass is 32.2. The Morgan fingerprint density at radius 1 is 0.923 bits per heavy atom. The fraction of sp³-hybridized carbons (Fsp3) is 0.333. The number of sulfonamides is 1. The van der Waals surface area contributed by atoms with Gasteiger partial charge in [0.25, 0.3) is 10.0 Å². The number of carbonyl (C=O) groups is 2. The number of anilines is 1. The van der Waals surface area contributed by atoms with E-state index in [4.69, 9.17) is 0 Å². The Morgan fingerprint density at radius 2 is 1.54 bits per heavy atom. The molecule has 3 aromatic rings. The second-order valence-corrected chi connectivity index (χ2v) is 11.7. The van der Waals surface area contributed by atoms with Gasteiger partial charge in [0, 0.05) is 13.1 Å². The van der Waals surface area contributed by atoms with Crippen LogP contribution in [0.2, 0.25) is 0 Å². The number of amides is 2. The van der Waals surface area contributed by atoms with Gasteiger partial charge < -0.3 is 10.2 Å². The predicted molar refractivity (Wildman–Crippen MR) is 151 cm³/mol. The van der Waals surface area contributed by atoms with Gasteiger partial charge in [-0.2, -0.15) is 0 Å². The zero-order valence-electron chi connectivity index (χ0n) is 22.8. The van der Waals surface area contributed by atoms with E-state index in [9.17, 15) is 22.4 Å². The Hall–Kier alpha value is -3.72. The molecule has 0 aromatic heterocycles. The molecule has 1 unspecified atom stereocenters. The first kappa shape index (κ1) is 29.8. The molecule has 0 saturated carbocycles. The van der Waals surface area contributed by atoms with Crippen molar-refractivity contribution < 1.29 is 22.4 Å². The summed E-state index contributed by atoms with van der Waals surface area (Å²) in [5.74, 6) is -1.52. The number of hydrogen-bond acceptors (Lipinski definition) is 4. The molecule has 1 atom stereocenters. The van der Waals surface area contributed by atoms with Crippen molar-refractivity contribution in [3.63, 3.8) is 0 Å². The number of benzene rings is 3. The van der Waals surface area contributed by atoms with Crippen LogP contribution in [0.5, 0.6) is 0 Å². The van der Waals surface area contributed by atoms with Crippen molar-refractivity contribution in [2.24, 2.45) is 5.92 Å². The number of rotatable bonds is 12. The summed E-state index contributed by atoms with van der Waals surface area (Å²) in [7, 11) is -4.32. The lowest BCUT2D eigenvalue weighted by atomic mass is 10.1. The van der Waals surface area contributed by atoms with Crippen LogP contribution in [-0.2, 0) is 26.2 Å². The Balaban J connectivity index is 2.04. The van der Waals surface area contributed by atoms with E-state index in [0.29, 0.717) is 13.0 Å². The van der Waals surface area contributed by atoms with Crippen molar-refractivity contribution in [1.82, 2.24) is 10.2 Å². The largest absolute Gasteiger partial charge is 0.354 e. The molecule has 0 spiro atoms. The first-order chi connectivity index (χ1) is 18.5. The van der Waals surface area contributed by atoms with Crippen LogP contribution in [0.25, 0.3) is 0 Å². The number of aryl methyl sites for hydroxylation is 1. The van der Waals surface area contributed by atoms with E-state index in [0.717, 1.165) is 21.5 Å². The smallest absolute Gasteiger partial charge is 0.264 e. The summed E-state index contributed by atoms with van der Waals surface area (Å²) in [5.41, 5.74) is 1.39. The molecular formula is C30H36FN3O4S. The van der Waals surface area contributed by atoms with Gasteiger partial charge in [0.05, 0.1) is 10.6 Å². The monoisotopic (exact) mass is 553 g/mol. The van der Waals surface area contributed by atoms with Crippen molar-refractivity contribution in [3.05, 3.63) is 95.8 Å². The average molecular weight is 554 g/mol. The van der Waals surface area contributed by atoms with Gasteiger partial charge in [-0.25, -0.2) is 12.8 Å². The molecule has 3 rings (SSSR count). The van der Waals surface area contributed by atoms with Crippen molar-refractivity contribution in [2.45, 2.75) is 51.6 Å². The molecule has 2 amide bonds. The molecule has 0 aliphatic heterocycles. The number of carbonyl (C=O) groups excluding carboxylic acids is 2. The summed E-state index contributed by atoms with van der Waals surface area (Å²) in [5, 5.41) is 2.89. The first-order valence-corrected chi connectivity index (χ1v) is 14.4. The molecule has 0 bridgehead atoms. The third-order valence-electron chi connectivity index (χ3n) is 6.28. The molecule has 0 aliphatic rings. The molecule has 0 saturated heterocycles. The van der Waals surface area contributed by atoms with E-state index >= 15 is 0 Å². The first-order valence-electron chi connectivity index (χ1n) is 13.0. The van der Waals surface area contributed by atoms with Gasteiger partial charge in [-0.05, 0) is 49.1 Å². The number of nitrogens with one attached hydrogen (secondary N) is 1. The fourth-order valence-electron chi connectivity index (χ4n) is 4.13. The van der Waals surface area contributed by atoms with Crippen LogP contribution in [0.15, 0.2) is 83.8 Å². The zero-order valence-corrected chi connectivity index (χ0v) is 23.6. The van der Waals surface area contributed by atoms with Crippen LogP contribution in [0.4, 0.5) is 10.1 Å². The molecule has 0 radical (unpaired) electrons. The van der Waals surface area contributed by atoms with E-state index in [1.165, 1.54) is 35.2 Å². The molecule has 3 aromatic carbocycles. The maximum absolute atomic E-state index is 15.0. The Labute approximate surface area is 230 Å². The highest BCUT2D eigenvalue weighted by Gasteiger charge is 2.34. The maximum atomic E-state index is 15.0. The molecular weight excluding hydrogens is 517 g/mol. The normalized spacial score (nSPS) is 12.2. The SMILES string of the molecule is CCC(C(=O)NCC(C)C)N(Cc1ccccc1)C(=O)CN(c1ccccc1F)S(=O)(=O)c1ccc(C)cc1. The molecule has 7 nitrogen and oxygen atoms in total. The summed E-state index contributed by atoms with van der Waals surface area (Å²) >= 11 is 0. The number of para-hydroxylation sites is 1. The summed E-state index contributed by atoms with van der Waals surface area (Å²) < 4.78 is 43.3. The molecule has 39 heavy (non-hydrogen) atoms. The summed E-state index contributed by atoms with van der Waals surface area (Å²) in [6.45, 7) is 7.40. The molecule has 1 N–H and O–H groups in total. The lowest BCUT2D eigenvalue weighted by molar-refractivity contribution is -0.140. The number of nitrogens with zero attached hydrogens (tertiary/aromatic N) is 2. The Bertz CT molecular complexity index is 1360. The minimum absolute atomic E-state index is 0.0690. The summed E-state index contributed by atoms with van der Waals surface area (Å²) in [6.07, 6.45) is 0.312. The van der Waals surface area contributed by atoms with E-state index in [2.05, 4.69) is 5.32 Å². The topological polar surface area (TPSA) is 86.8 Å². The Morgan fingerprint density at radius 3 is 2.13 bits per heavy atom. The van der Waals surface area contributed by atoms with Gasteiger partial charge in [0.2, 0.25) is 11.8 Å². The van der Waals surface area contributed by atoms with Gasteiger partial charge in [-0.3, -0.25) is 13.9 Å². The van der Waals surface area contributed by atoms with E-state index in [1.807, 2.05) is 51.1 Å². The van der Waals surface area contributed by atoms with E-state index in [-0.39, 0.29) is 29.0 Å². The van der Waals surface area contributed by atoms with Crippen LogP contribution in [0.1, 0.15) is 38.3 Å². The predicted octanol–water partition coefficient (Wildman–Crippen LogP) is 4.91. The van der Waals surface area contributed by atoms with E-state index < -0.39 is 34.3 Å². The minimum atomic E-state index is -4.32. The third-order valence-corrected chi connectivity index (χ3v) is 8.05. The van der Waals surface area contributed by atoms with Gasteiger partial charge in [-0.15, -0.1) is 0 Å². The van der Waals surface area contributed by atoms with E-state index in [1.54, 1.807) is 19.1 Å². The van der Waals surface area contributed by atoms with Crippen LogP contribution in [-0.4, -0.2) is 44.3 Å². The number of hydrogen-bond donors (Lipinski definition) is 1. The quantitative estimate of drug-likeness (QED) is 0.345. The van der Waals surface area contributed by atoms with Crippen LogP contribution in [0, 0.1) is 18.7 Å². The molecule has 9 heteroatoms. The van der Waals surface area contributed by atoms with Crippen molar-refractivity contribution in [1.29, 1.82) is 0 Å². The van der Waals surface area contributed by atoms with Crippen molar-refractivity contribution in [2.75, 3.05) is 17.4 Å².